The lowest BCUT2D eigenvalue weighted by Crippen LogP contribution is -2.13. The van der Waals surface area contributed by atoms with Crippen LogP contribution in [0.1, 0.15) is 89.7 Å². The van der Waals surface area contributed by atoms with Gasteiger partial charge in [-0.2, -0.15) is 0 Å². The summed E-state index contributed by atoms with van der Waals surface area (Å²) in [5.74, 6) is 0.845. The molecule has 0 aliphatic rings. The monoisotopic (exact) mass is 407 g/mol. The molecule has 0 aliphatic carbocycles. The van der Waals surface area contributed by atoms with Crippen molar-refractivity contribution in [3.05, 3.63) is 24.0 Å². The third kappa shape index (κ3) is 13.9. The number of unbranched alkanes of at least 4 members (excludes halogenated alkanes) is 6. The molecule has 4 N–H and O–H groups in total. The maximum atomic E-state index is 10.5. The van der Waals surface area contributed by atoms with Crippen LogP contribution in [0.3, 0.4) is 0 Å². The molecule has 6 heteroatoms. The number of nitrogens with zero attached hydrogens (tertiary/aromatic N) is 1. The zero-order valence-electron chi connectivity index (χ0n) is 18.2. The molecule has 0 aliphatic heterocycles. The highest BCUT2D eigenvalue weighted by Gasteiger charge is 2.08. The molecule has 1 atom stereocenters. The number of aromatic nitrogens is 1. The van der Waals surface area contributed by atoms with E-state index >= 15 is 0 Å². The van der Waals surface area contributed by atoms with Crippen LogP contribution in [0.15, 0.2) is 18.3 Å². The van der Waals surface area contributed by atoms with Crippen LogP contribution in [-0.2, 0) is 11.3 Å². The SMILES string of the molecule is CCCCC(CCCCCCOC(N)=O)CCCCCNc1ccnc(CO)c1. The van der Waals surface area contributed by atoms with Crippen molar-refractivity contribution in [3.63, 3.8) is 0 Å². The van der Waals surface area contributed by atoms with Crippen molar-refractivity contribution < 1.29 is 14.6 Å². The number of nitrogens with two attached hydrogens (primary N) is 1. The van der Waals surface area contributed by atoms with Crippen molar-refractivity contribution in [2.24, 2.45) is 11.7 Å². The van der Waals surface area contributed by atoms with Crippen molar-refractivity contribution in [1.29, 1.82) is 0 Å². The lowest BCUT2D eigenvalue weighted by molar-refractivity contribution is 0.154. The van der Waals surface area contributed by atoms with Gasteiger partial charge in [0.15, 0.2) is 0 Å². The summed E-state index contributed by atoms with van der Waals surface area (Å²) in [4.78, 5) is 14.6. The summed E-state index contributed by atoms with van der Waals surface area (Å²) < 4.78 is 4.77. The van der Waals surface area contributed by atoms with Gasteiger partial charge in [-0.3, -0.25) is 4.98 Å². The smallest absolute Gasteiger partial charge is 0.404 e. The van der Waals surface area contributed by atoms with E-state index in [0.29, 0.717) is 12.3 Å². The summed E-state index contributed by atoms with van der Waals surface area (Å²) in [6.07, 6.45) is 15.8. The zero-order chi connectivity index (χ0) is 21.2. The predicted octanol–water partition coefficient (Wildman–Crippen LogP) is 5.40. The quantitative estimate of drug-likeness (QED) is 0.283. The molecule has 1 heterocycles. The van der Waals surface area contributed by atoms with E-state index in [0.717, 1.165) is 37.4 Å². The number of ether oxygens (including phenoxy) is 1. The van der Waals surface area contributed by atoms with E-state index in [2.05, 4.69) is 17.2 Å². The largest absolute Gasteiger partial charge is 0.450 e. The van der Waals surface area contributed by atoms with Crippen LogP contribution < -0.4 is 11.1 Å². The number of nitrogens with one attached hydrogen (secondary N) is 1. The van der Waals surface area contributed by atoms with Gasteiger partial charge >= 0.3 is 6.09 Å². The number of anilines is 1. The Morgan fingerprint density at radius 1 is 1.10 bits per heavy atom. The number of carbonyl (C=O) groups is 1. The Morgan fingerprint density at radius 3 is 2.48 bits per heavy atom. The Bertz CT molecular complexity index is 540. The van der Waals surface area contributed by atoms with E-state index in [1.165, 1.54) is 57.8 Å². The van der Waals surface area contributed by atoms with Crippen LogP contribution in [0.2, 0.25) is 0 Å². The van der Waals surface area contributed by atoms with Crippen LogP contribution in [0.4, 0.5) is 10.5 Å². The summed E-state index contributed by atoms with van der Waals surface area (Å²) >= 11 is 0. The standard InChI is InChI=1S/C23H41N3O3/c1-2-3-11-20(12-7-4-5-10-17-29-23(24)28)13-8-6-9-15-25-21-14-16-26-22(18-21)19-27/h14,16,18,20,27H,2-13,15,17,19H2,1H3,(H2,24,28)(H,25,26). The van der Waals surface area contributed by atoms with Gasteiger partial charge in [0, 0.05) is 18.4 Å². The Hall–Kier alpha value is -1.82. The normalized spacial score (nSPS) is 11.9. The average molecular weight is 408 g/mol. The van der Waals surface area contributed by atoms with Crippen LogP contribution in [0, 0.1) is 5.92 Å². The molecule has 1 rings (SSSR count). The summed E-state index contributed by atoms with van der Waals surface area (Å²) in [7, 11) is 0. The van der Waals surface area contributed by atoms with Gasteiger partial charge in [0.2, 0.25) is 0 Å². The third-order valence-electron chi connectivity index (χ3n) is 5.31. The van der Waals surface area contributed by atoms with Gasteiger partial charge < -0.3 is 20.9 Å². The highest BCUT2D eigenvalue weighted by Crippen LogP contribution is 2.23. The molecule has 0 spiro atoms. The number of primary amides is 1. The third-order valence-corrected chi connectivity index (χ3v) is 5.31. The molecular formula is C23H41N3O3. The minimum atomic E-state index is -0.671. The van der Waals surface area contributed by atoms with Crippen LogP contribution >= 0.6 is 0 Å². The van der Waals surface area contributed by atoms with E-state index in [4.69, 9.17) is 15.6 Å². The molecule has 166 valence electrons. The zero-order valence-corrected chi connectivity index (χ0v) is 18.2. The van der Waals surface area contributed by atoms with Gasteiger partial charge in [-0.25, -0.2) is 4.79 Å². The average Bonchev–Trinajstić information content (AvgIpc) is 2.72. The lowest BCUT2D eigenvalue weighted by atomic mass is 9.90. The molecule has 0 saturated carbocycles. The summed E-state index contributed by atoms with van der Waals surface area (Å²) in [6.45, 7) is 3.66. The molecule has 29 heavy (non-hydrogen) atoms. The van der Waals surface area contributed by atoms with Crippen LogP contribution in [0.5, 0.6) is 0 Å². The first-order valence-corrected chi connectivity index (χ1v) is 11.4. The maximum absolute atomic E-state index is 10.5. The lowest BCUT2D eigenvalue weighted by Gasteiger charge is -2.16. The second-order valence-corrected chi connectivity index (χ2v) is 7.85. The van der Waals surface area contributed by atoms with Crippen LogP contribution in [0.25, 0.3) is 0 Å². The minimum absolute atomic E-state index is 0.0180. The highest BCUT2D eigenvalue weighted by atomic mass is 16.5. The molecule has 1 unspecified atom stereocenters. The van der Waals surface area contributed by atoms with Gasteiger partial charge in [-0.1, -0.05) is 71.1 Å². The first-order valence-electron chi connectivity index (χ1n) is 11.4. The second kappa shape index (κ2) is 17.1. The molecule has 0 fully saturated rings. The molecule has 1 aromatic rings. The topological polar surface area (TPSA) is 97.5 Å². The van der Waals surface area contributed by atoms with E-state index in [-0.39, 0.29) is 6.61 Å². The Balaban J connectivity index is 2.10. The molecule has 0 aromatic carbocycles. The number of amides is 1. The number of aliphatic hydroxyl groups excluding tert-OH is 1. The number of rotatable bonds is 18. The van der Waals surface area contributed by atoms with Gasteiger partial charge in [0.05, 0.1) is 18.9 Å². The van der Waals surface area contributed by atoms with Crippen molar-refractivity contribution in [1.82, 2.24) is 4.98 Å². The minimum Gasteiger partial charge on any atom is -0.450 e. The molecule has 0 bridgehead atoms. The number of pyridine rings is 1. The van der Waals surface area contributed by atoms with Crippen molar-refractivity contribution >= 4 is 11.8 Å². The first kappa shape index (κ1) is 25.2. The number of hydrogen-bond donors (Lipinski definition) is 3. The fourth-order valence-corrected chi connectivity index (χ4v) is 3.63. The Morgan fingerprint density at radius 2 is 1.79 bits per heavy atom. The predicted molar refractivity (Wildman–Crippen MR) is 119 cm³/mol. The summed E-state index contributed by atoms with van der Waals surface area (Å²) in [5, 5.41) is 12.6. The van der Waals surface area contributed by atoms with Crippen molar-refractivity contribution in [2.75, 3.05) is 18.5 Å². The molecule has 0 saturated heterocycles. The molecule has 1 amide bonds. The number of aliphatic hydroxyl groups is 1. The fourth-order valence-electron chi connectivity index (χ4n) is 3.63. The highest BCUT2D eigenvalue weighted by molar-refractivity contribution is 5.64. The first-order chi connectivity index (χ1) is 14.2. The van der Waals surface area contributed by atoms with Gasteiger partial charge in [0.25, 0.3) is 0 Å². The second-order valence-electron chi connectivity index (χ2n) is 7.85. The van der Waals surface area contributed by atoms with Crippen molar-refractivity contribution in [2.45, 2.75) is 90.6 Å². The Kier molecular flexibility index (Phi) is 14.8. The van der Waals surface area contributed by atoms with E-state index < -0.39 is 6.09 Å². The van der Waals surface area contributed by atoms with Crippen molar-refractivity contribution in [3.8, 4) is 0 Å². The summed E-state index contributed by atoms with van der Waals surface area (Å²) in [5.41, 5.74) is 6.70. The maximum Gasteiger partial charge on any atom is 0.404 e. The molecular weight excluding hydrogens is 366 g/mol. The number of carbonyl (C=O) groups excluding carboxylic acids is 1. The molecule has 0 radical (unpaired) electrons. The van der Waals surface area contributed by atoms with E-state index in [9.17, 15) is 4.79 Å². The van der Waals surface area contributed by atoms with E-state index in [1.807, 2.05) is 12.1 Å². The molecule has 6 nitrogen and oxygen atoms in total. The van der Waals surface area contributed by atoms with Gasteiger partial charge in [-0.05, 0) is 30.9 Å². The number of hydrogen-bond acceptors (Lipinski definition) is 5. The van der Waals surface area contributed by atoms with Gasteiger partial charge in [-0.15, -0.1) is 0 Å². The Labute approximate surface area is 176 Å². The van der Waals surface area contributed by atoms with Crippen LogP contribution in [-0.4, -0.2) is 29.3 Å². The fraction of sp³-hybridized carbons (Fsp3) is 0.739. The van der Waals surface area contributed by atoms with Gasteiger partial charge in [0.1, 0.15) is 0 Å². The summed E-state index contributed by atoms with van der Waals surface area (Å²) in [6, 6.07) is 3.85. The van der Waals surface area contributed by atoms with E-state index in [1.54, 1.807) is 6.20 Å². The molecule has 1 aromatic heterocycles.